The summed E-state index contributed by atoms with van der Waals surface area (Å²) in [7, 11) is 0. The Morgan fingerprint density at radius 1 is 1.35 bits per heavy atom. The number of rotatable bonds is 5. The van der Waals surface area contributed by atoms with E-state index in [1.807, 2.05) is 39.0 Å². The number of carbonyl (C=O) groups is 1. The standard InChI is InChI=1S/C18H18ClN3O2S.ClH/c1-10(2)8-24-18(23)15-11(3)14-16(20-9-21-17(14)25-15)22-13-6-4-5-12(19)7-13;/h4-7,9-10H,8H2,1-3H3,(H,20,21,22);1H. The number of nitrogens with one attached hydrogen (secondary N) is 1. The molecule has 0 radical (unpaired) electrons. The van der Waals surface area contributed by atoms with Gasteiger partial charge in [-0.15, -0.1) is 23.7 Å². The van der Waals surface area contributed by atoms with Crippen LogP contribution in [-0.2, 0) is 4.74 Å². The summed E-state index contributed by atoms with van der Waals surface area (Å²) in [6, 6.07) is 7.38. The lowest BCUT2D eigenvalue weighted by atomic mass is 10.2. The molecule has 5 nitrogen and oxygen atoms in total. The molecule has 3 rings (SSSR count). The molecule has 0 aliphatic carbocycles. The number of halogens is 2. The summed E-state index contributed by atoms with van der Waals surface area (Å²) < 4.78 is 5.36. The van der Waals surface area contributed by atoms with E-state index in [0.29, 0.717) is 28.2 Å². The van der Waals surface area contributed by atoms with Crippen LogP contribution >= 0.6 is 35.3 Å². The molecule has 0 fully saturated rings. The molecule has 3 aromatic rings. The average molecular weight is 412 g/mol. The van der Waals surface area contributed by atoms with Crippen LogP contribution in [0.15, 0.2) is 30.6 Å². The van der Waals surface area contributed by atoms with Crippen LogP contribution in [0, 0.1) is 12.8 Å². The van der Waals surface area contributed by atoms with Crippen LogP contribution in [0.5, 0.6) is 0 Å². The molecular weight excluding hydrogens is 393 g/mol. The Kier molecular flexibility index (Phi) is 6.81. The zero-order valence-electron chi connectivity index (χ0n) is 14.6. The van der Waals surface area contributed by atoms with Crippen LogP contribution < -0.4 is 5.32 Å². The molecule has 0 unspecified atom stereocenters. The zero-order chi connectivity index (χ0) is 18.0. The number of nitrogens with zero attached hydrogens (tertiary/aromatic N) is 2. The smallest absolute Gasteiger partial charge is 0.348 e. The number of ether oxygens (including phenoxy) is 1. The Morgan fingerprint density at radius 3 is 2.81 bits per heavy atom. The summed E-state index contributed by atoms with van der Waals surface area (Å²) in [6.45, 7) is 6.29. The molecule has 0 bridgehead atoms. The number of hydrogen-bond donors (Lipinski definition) is 1. The SMILES string of the molecule is Cc1c(C(=O)OCC(C)C)sc2ncnc(Nc3cccc(Cl)c3)c12.Cl. The van der Waals surface area contributed by atoms with Gasteiger partial charge in [-0.3, -0.25) is 0 Å². The first-order valence-electron chi connectivity index (χ1n) is 7.89. The average Bonchev–Trinajstić information content (AvgIpc) is 2.91. The van der Waals surface area contributed by atoms with E-state index >= 15 is 0 Å². The minimum absolute atomic E-state index is 0. The van der Waals surface area contributed by atoms with Gasteiger partial charge in [0.15, 0.2) is 0 Å². The quantitative estimate of drug-likeness (QED) is 0.550. The van der Waals surface area contributed by atoms with Crippen molar-refractivity contribution >= 4 is 63.0 Å². The number of carbonyl (C=O) groups excluding carboxylic acids is 1. The Balaban J connectivity index is 0.00000243. The van der Waals surface area contributed by atoms with Gasteiger partial charge in [0.1, 0.15) is 21.9 Å². The van der Waals surface area contributed by atoms with Crippen molar-refractivity contribution in [2.75, 3.05) is 11.9 Å². The van der Waals surface area contributed by atoms with E-state index in [0.717, 1.165) is 21.5 Å². The van der Waals surface area contributed by atoms with Gasteiger partial charge in [-0.05, 0) is 36.6 Å². The van der Waals surface area contributed by atoms with Crippen molar-refractivity contribution in [1.29, 1.82) is 0 Å². The number of hydrogen-bond acceptors (Lipinski definition) is 6. The van der Waals surface area contributed by atoms with Gasteiger partial charge in [-0.25, -0.2) is 14.8 Å². The molecule has 1 N–H and O–H groups in total. The minimum atomic E-state index is -0.317. The predicted octanol–water partition coefficient (Wildman–Crippen LogP) is 5.63. The maximum absolute atomic E-state index is 12.4. The van der Waals surface area contributed by atoms with Gasteiger partial charge in [0.2, 0.25) is 0 Å². The number of fused-ring (bicyclic) bond motifs is 1. The zero-order valence-corrected chi connectivity index (χ0v) is 17.0. The first kappa shape index (κ1) is 20.4. The van der Waals surface area contributed by atoms with Crippen molar-refractivity contribution in [2.24, 2.45) is 5.92 Å². The molecule has 26 heavy (non-hydrogen) atoms. The highest BCUT2D eigenvalue weighted by atomic mass is 35.5. The van der Waals surface area contributed by atoms with Crippen LogP contribution in [0.3, 0.4) is 0 Å². The third-order valence-electron chi connectivity index (χ3n) is 3.55. The molecule has 0 saturated heterocycles. The fourth-order valence-electron chi connectivity index (χ4n) is 2.37. The third kappa shape index (κ3) is 4.44. The van der Waals surface area contributed by atoms with Crippen LogP contribution in [-0.4, -0.2) is 22.5 Å². The van der Waals surface area contributed by atoms with Gasteiger partial charge in [-0.1, -0.05) is 31.5 Å². The lowest BCUT2D eigenvalue weighted by molar-refractivity contribution is 0.0464. The molecule has 2 heterocycles. The van der Waals surface area contributed by atoms with Gasteiger partial charge in [0, 0.05) is 10.7 Å². The Bertz CT molecular complexity index is 928. The van der Waals surface area contributed by atoms with Crippen LogP contribution in [0.2, 0.25) is 5.02 Å². The van der Waals surface area contributed by atoms with Crippen molar-refractivity contribution in [3.05, 3.63) is 46.1 Å². The number of aryl methyl sites for hydroxylation is 1. The summed E-state index contributed by atoms with van der Waals surface area (Å²) in [5.74, 6) is 0.616. The number of benzene rings is 1. The van der Waals surface area contributed by atoms with Gasteiger partial charge in [0.25, 0.3) is 0 Å². The van der Waals surface area contributed by atoms with E-state index in [4.69, 9.17) is 16.3 Å². The van der Waals surface area contributed by atoms with Gasteiger partial charge < -0.3 is 10.1 Å². The van der Waals surface area contributed by atoms with Crippen LogP contribution in [0.25, 0.3) is 10.2 Å². The lowest BCUT2D eigenvalue weighted by Gasteiger charge is -2.08. The highest BCUT2D eigenvalue weighted by Crippen LogP contribution is 2.35. The molecule has 1 aromatic carbocycles. The van der Waals surface area contributed by atoms with E-state index in [9.17, 15) is 4.79 Å². The summed E-state index contributed by atoms with van der Waals surface area (Å²) in [4.78, 5) is 22.3. The normalized spacial score (nSPS) is 10.7. The maximum atomic E-state index is 12.4. The maximum Gasteiger partial charge on any atom is 0.348 e. The van der Waals surface area contributed by atoms with E-state index in [1.165, 1.54) is 17.7 Å². The highest BCUT2D eigenvalue weighted by molar-refractivity contribution is 7.20. The topological polar surface area (TPSA) is 64.1 Å². The fraction of sp³-hybridized carbons (Fsp3) is 0.278. The van der Waals surface area contributed by atoms with Crippen molar-refractivity contribution in [2.45, 2.75) is 20.8 Å². The Hall–Kier alpha value is -1.89. The van der Waals surface area contributed by atoms with Crippen molar-refractivity contribution in [3.8, 4) is 0 Å². The Morgan fingerprint density at radius 2 is 2.12 bits per heavy atom. The number of esters is 1. The van der Waals surface area contributed by atoms with Crippen molar-refractivity contribution in [3.63, 3.8) is 0 Å². The largest absolute Gasteiger partial charge is 0.461 e. The monoisotopic (exact) mass is 411 g/mol. The van der Waals surface area contributed by atoms with Crippen LogP contribution in [0.4, 0.5) is 11.5 Å². The minimum Gasteiger partial charge on any atom is -0.461 e. The molecule has 0 amide bonds. The second-order valence-electron chi connectivity index (χ2n) is 6.09. The molecular formula is C18H19Cl2N3O2S. The fourth-order valence-corrected chi connectivity index (χ4v) is 3.60. The number of thiophene rings is 1. The molecule has 0 spiro atoms. The first-order chi connectivity index (χ1) is 12.0. The number of aromatic nitrogens is 2. The van der Waals surface area contributed by atoms with Gasteiger partial charge >= 0.3 is 5.97 Å². The summed E-state index contributed by atoms with van der Waals surface area (Å²) in [6.07, 6.45) is 1.48. The molecule has 0 aliphatic heterocycles. The molecule has 2 aromatic heterocycles. The molecule has 0 atom stereocenters. The van der Waals surface area contributed by atoms with Crippen LogP contribution in [0.1, 0.15) is 29.1 Å². The first-order valence-corrected chi connectivity index (χ1v) is 9.09. The summed E-state index contributed by atoms with van der Waals surface area (Å²) in [5.41, 5.74) is 1.64. The van der Waals surface area contributed by atoms with Crippen molar-refractivity contribution < 1.29 is 9.53 Å². The van der Waals surface area contributed by atoms with Crippen molar-refractivity contribution in [1.82, 2.24) is 9.97 Å². The van der Waals surface area contributed by atoms with E-state index < -0.39 is 0 Å². The second-order valence-corrected chi connectivity index (χ2v) is 7.52. The third-order valence-corrected chi connectivity index (χ3v) is 4.96. The summed E-state index contributed by atoms with van der Waals surface area (Å²) >= 11 is 7.35. The molecule has 8 heteroatoms. The van der Waals surface area contributed by atoms with E-state index in [2.05, 4.69) is 15.3 Å². The highest BCUT2D eigenvalue weighted by Gasteiger charge is 2.20. The van der Waals surface area contributed by atoms with E-state index in [1.54, 1.807) is 6.07 Å². The van der Waals surface area contributed by atoms with E-state index in [-0.39, 0.29) is 18.4 Å². The number of anilines is 2. The molecule has 0 aliphatic rings. The van der Waals surface area contributed by atoms with Gasteiger partial charge in [-0.2, -0.15) is 0 Å². The van der Waals surface area contributed by atoms with Gasteiger partial charge in [0.05, 0.1) is 12.0 Å². The molecule has 138 valence electrons. The predicted molar refractivity (Wildman–Crippen MR) is 109 cm³/mol. The summed E-state index contributed by atoms with van der Waals surface area (Å²) in [5, 5.41) is 4.71. The molecule has 0 saturated carbocycles. The Labute approximate surface area is 167 Å². The lowest BCUT2D eigenvalue weighted by Crippen LogP contribution is -2.09. The second kappa shape index (κ2) is 8.66.